The fourth-order valence-corrected chi connectivity index (χ4v) is 2.71. The number of thioether (sulfide) groups is 1. The van der Waals surface area contributed by atoms with Gasteiger partial charge in [0.2, 0.25) is 0 Å². The second kappa shape index (κ2) is 7.75. The van der Waals surface area contributed by atoms with Gasteiger partial charge in [-0.3, -0.25) is 0 Å². The summed E-state index contributed by atoms with van der Waals surface area (Å²) in [5.74, 6) is 1.23. The summed E-state index contributed by atoms with van der Waals surface area (Å²) in [7, 11) is 0. The lowest BCUT2D eigenvalue weighted by Crippen LogP contribution is -2.13. The van der Waals surface area contributed by atoms with Gasteiger partial charge in [-0.25, -0.2) is 0 Å². The van der Waals surface area contributed by atoms with Crippen molar-refractivity contribution in [3.8, 4) is 0 Å². The van der Waals surface area contributed by atoms with Crippen LogP contribution in [0.2, 0.25) is 0 Å². The molecule has 0 heterocycles. The summed E-state index contributed by atoms with van der Waals surface area (Å²) >= 11 is 1.99. The Hall–Kier alpha value is -0.470. The number of hydrogen-bond donors (Lipinski definition) is 1. The van der Waals surface area contributed by atoms with Crippen molar-refractivity contribution in [2.75, 3.05) is 18.8 Å². The lowest BCUT2D eigenvalue weighted by molar-refractivity contribution is 0.666. The second-order valence-corrected chi connectivity index (χ2v) is 5.31. The van der Waals surface area contributed by atoms with E-state index in [0.717, 1.165) is 13.1 Å². The molecule has 16 heavy (non-hydrogen) atoms. The Balaban J connectivity index is 2.23. The van der Waals surface area contributed by atoms with Crippen LogP contribution >= 0.6 is 11.8 Å². The van der Waals surface area contributed by atoms with E-state index < -0.39 is 0 Å². The average molecular weight is 237 g/mol. The minimum absolute atomic E-state index is 1.09. The van der Waals surface area contributed by atoms with E-state index in [9.17, 15) is 0 Å². The number of rotatable bonds is 7. The molecule has 0 saturated heterocycles. The van der Waals surface area contributed by atoms with Gasteiger partial charge in [0.25, 0.3) is 0 Å². The van der Waals surface area contributed by atoms with Crippen LogP contribution < -0.4 is 5.32 Å². The molecule has 0 aliphatic rings. The van der Waals surface area contributed by atoms with Gasteiger partial charge in [-0.1, -0.05) is 24.6 Å². The fraction of sp³-hybridized carbons (Fsp3) is 0.571. The van der Waals surface area contributed by atoms with E-state index in [-0.39, 0.29) is 0 Å². The normalized spacial score (nSPS) is 10.7. The van der Waals surface area contributed by atoms with Gasteiger partial charge in [-0.2, -0.15) is 0 Å². The molecule has 0 spiro atoms. The lowest BCUT2D eigenvalue weighted by Gasteiger charge is -2.06. The van der Waals surface area contributed by atoms with Crippen molar-refractivity contribution in [1.82, 2.24) is 5.32 Å². The molecule has 90 valence electrons. The van der Waals surface area contributed by atoms with Gasteiger partial charge in [-0.05, 0) is 57.2 Å². The van der Waals surface area contributed by atoms with Gasteiger partial charge in [0, 0.05) is 4.90 Å². The van der Waals surface area contributed by atoms with Crippen molar-refractivity contribution in [3.63, 3.8) is 0 Å². The van der Waals surface area contributed by atoms with Gasteiger partial charge >= 0.3 is 0 Å². The maximum Gasteiger partial charge on any atom is 0.0104 e. The van der Waals surface area contributed by atoms with Crippen LogP contribution in [0.5, 0.6) is 0 Å². The number of benzene rings is 1. The SMILES string of the molecule is CCNCCCCSc1cc(C)ccc1C. The third-order valence-electron chi connectivity index (χ3n) is 2.60. The maximum atomic E-state index is 3.36. The molecule has 0 aliphatic heterocycles. The predicted molar refractivity (Wildman–Crippen MR) is 74.4 cm³/mol. The molecule has 0 saturated carbocycles. The Labute approximate surface area is 104 Å². The van der Waals surface area contributed by atoms with Crippen LogP contribution in [0, 0.1) is 13.8 Å². The number of unbranched alkanes of at least 4 members (excludes halogenated alkanes) is 1. The van der Waals surface area contributed by atoms with Crippen LogP contribution in [-0.2, 0) is 0 Å². The van der Waals surface area contributed by atoms with Crippen molar-refractivity contribution >= 4 is 11.8 Å². The first-order valence-corrected chi connectivity index (χ1v) is 7.13. The van der Waals surface area contributed by atoms with Crippen molar-refractivity contribution in [2.45, 2.75) is 38.5 Å². The summed E-state index contributed by atoms with van der Waals surface area (Å²) in [6.07, 6.45) is 2.58. The van der Waals surface area contributed by atoms with Crippen molar-refractivity contribution < 1.29 is 0 Å². The third-order valence-corrected chi connectivity index (χ3v) is 3.84. The smallest absolute Gasteiger partial charge is 0.0104 e. The molecule has 0 unspecified atom stereocenters. The topological polar surface area (TPSA) is 12.0 Å². The standard InChI is InChI=1S/C14H23NS/c1-4-15-9-5-6-10-16-14-11-12(2)7-8-13(14)3/h7-8,11,15H,4-6,9-10H2,1-3H3. The Bertz CT molecular complexity index is 310. The maximum absolute atomic E-state index is 3.36. The van der Waals surface area contributed by atoms with Gasteiger partial charge < -0.3 is 5.32 Å². The zero-order valence-electron chi connectivity index (χ0n) is 10.7. The van der Waals surface area contributed by atoms with Crippen LogP contribution in [0.4, 0.5) is 0 Å². The molecule has 0 aliphatic carbocycles. The highest BCUT2D eigenvalue weighted by molar-refractivity contribution is 7.99. The molecule has 1 aromatic rings. The Morgan fingerprint density at radius 1 is 1.19 bits per heavy atom. The van der Waals surface area contributed by atoms with Gasteiger partial charge in [0.05, 0.1) is 0 Å². The molecule has 0 aromatic heterocycles. The zero-order valence-corrected chi connectivity index (χ0v) is 11.5. The van der Waals surface area contributed by atoms with E-state index in [1.54, 1.807) is 0 Å². The zero-order chi connectivity index (χ0) is 11.8. The molecular formula is C14H23NS. The summed E-state index contributed by atoms with van der Waals surface area (Å²) in [4.78, 5) is 1.45. The largest absolute Gasteiger partial charge is 0.317 e. The summed E-state index contributed by atoms with van der Waals surface area (Å²) in [6.45, 7) is 8.76. The van der Waals surface area contributed by atoms with Crippen LogP contribution in [0.25, 0.3) is 0 Å². The van der Waals surface area contributed by atoms with Crippen molar-refractivity contribution in [1.29, 1.82) is 0 Å². The summed E-state index contributed by atoms with van der Waals surface area (Å²) in [5.41, 5.74) is 2.77. The molecular weight excluding hydrogens is 214 g/mol. The van der Waals surface area contributed by atoms with Crippen molar-refractivity contribution in [3.05, 3.63) is 29.3 Å². The van der Waals surface area contributed by atoms with E-state index in [1.165, 1.54) is 34.6 Å². The third kappa shape index (κ3) is 5.04. The first-order chi connectivity index (χ1) is 7.74. The average Bonchev–Trinajstić information content (AvgIpc) is 2.28. The second-order valence-electron chi connectivity index (χ2n) is 4.18. The summed E-state index contributed by atoms with van der Waals surface area (Å²) in [5, 5.41) is 3.36. The first-order valence-electron chi connectivity index (χ1n) is 6.15. The van der Waals surface area contributed by atoms with E-state index in [1.807, 2.05) is 11.8 Å². The number of nitrogens with one attached hydrogen (secondary N) is 1. The fourth-order valence-electron chi connectivity index (χ4n) is 1.57. The van der Waals surface area contributed by atoms with E-state index >= 15 is 0 Å². The molecule has 1 rings (SSSR count). The molecule has 1 N–H and O–H groups in total. The molecule has 2 heteroatoms. The molecule has 0 bridgehead atoms. The van der Waals surface area contributed by atoms with Crippen molar-refractivity contribution in [2.24, 2.45) is 0 Å². The number of hydrogen-bond acceptors (Lipinski definition) is 2. The Morgan fingerprint density at radius 3 is 2.75 bits per heavy atom. The molecule has 0 radical (unpaired) electrons. The molecule has 0 amide bonds. The molecule has 0 atom stereocenters. The minimum Gasteiger partial charge on any atom is -0.317 e. The molecule has 1 nitrogen and oxygen atoms in total. The number of aryl methyl sites for hydroxylation is 2. The highest BCUT2D eigenvalue weighted by atomic mass is 32.2. The lowest BCUT2D eigenvalue weighted by atomic mass is 10.2. The Morgan fingerprint density at radius 2 is 2.00 bits per heavy atom. The van der Waals surface area contributed by atoms with E-state index in [2.05, 4.69) is 44.3 Å². The molecule has 1 aromatic carbocycles. The van der Waals surface area contributed by atoms with Gasteiger partial charge in [0.1, 0.15) is 0 Å². The van der Waals surface area contributed by atoms with Crippen LogP contribution in [0.1, 0.15) is 30.9 Å². The highest BCUT2D eigenvalue weighted by Crippen LogP contribution is 2.24. The quantitative estimate of drug-likeness (QED) is 0.572. The van der Waals surface area contributed by atoms with E-state index in [0.29, 0.717) is 0 Å². The Kier molecular flexibility index (Phi) is 6.58. The molecule has 0 fully saturated rings. The summed E-state index contributed by atoms with van der Waals surface area (Å²) < 4.78 is 0. The van der Waals surface area contributed by atoms with Gasteiger partial charge in [0.15, 0.2) is 0 Å². The van der Waals surface area contributed by atoms with Crippen LogP contribution in [0.15, 0.2) is 23.1 Å². The van der Waals surface area contributed by atoms with Crippen LogP contribution in [-0.4, -0.2) is 18.8 Å². The minimum atomic E-state index is 1.09. The van der Waals surface area contributed by atoms with Gasteiger partial charge in [-0.15, -0.1) is 11.8 Å². The first kappa shape index (κ1) is 13.6. The summed E-state index contributed by atoms with van der Waals surface area (Å²) in [6, 6.07) is 6.70. The van der Waals surface area contributed by atoms with Crippen LogP contribution in [0.3, 0.4) is 0 Å². The predicted octanol–water partition coefficient (Wildman–Crippen LogP) is 3.79. The monoisotopic (exact) mass is 237 g/mol. The van der Waals surface area contributed by atoms with E-state index in [4.69, 9.17) is 0 Å². The highest BCUT2D eigenvalue weighted by Gasteiger charge is 1.99.